The molecule has 0 aliphatic heterocycles. The first kappa shape index (κ1) is 13.8. The lowest BCUT2D eigenvalue weighted by Crippen LogP contribution is -1.93. The molecule has 0 aliphatic carbocycles. The van der Waals surface area contributed by atoms with E-state index in [2.05, 4.69) is 27.0 Å². The summed E-state index contributed by atoms with van der Waals surface area (Å²) >= 11 is 18.9. The van der Waals surface area contributed by atoms with Crippen molar-refractivity contribution in [3.63, 3.8) is 0 Å². The molecule has 6 heteroatoms. The Kier molecular flexibility index (Phi) is 4.15. The van der Waals surface area contributed by atoms with Crippen LogP contribution in [0.2, 0.25) is 8.67 Å². The summed E-state index contributed by atoms with van der Waals surface area (Å²) in [5, 5.41) is 1.10. The molecule has 1 atom stereocenters. The van der Waals surface area contributed by atoms with Gasteiger partial charge < -0.3 is 0 Å². The summed E-state index contributed by atoms with van der Waals surface area (Å²) in [5.41, 5.74) is 2.09. The number of rotatable bonds is 3. The van der Waals surface area contributed by atoms with Gasteiger partial charge in [-0.3, -0.25) is 0 Å². The van der Waals surface area contributed by atoms with Gasteiger partial charge in [-0.1, -0.05) is 51.3 Å². The molecule has 98 valence electrons. The molecule has 0 amide bonds. The maximum Gasteiger partial charge on any atom is 0.0987 e. The first-order valence-corrected chi connectivity index (χ1v) is 8.87. The van der Waals surface area contributed by atoms with E-state index in [9.17, 15) is 0 Å². The number of para-hydroxylation sites is 1. The second-order valence-electron chi connectivity index (χ2n) is 4.03. The minimum atomic E-state index is 0.143. The lowest BCUT2D eigenvalue weighted by molar-refractivity contribution is 0.944. The molecule has 0 saturated heterocycles. The van der Waals surface area contributed by atoms with Gasteiger partial charge in [0, 0.05) is 11.2 Å². The lowest BCUT2D eigenvalue weighted by atomic mass is 10.2. The van der Waals surface area contributed by atoms with E-state index in [0.717, 1.165) is 26.8 Å². The Morgan fingerprint density at radius 3 is 2.68 bits per heavy atom. The third kappa shape index (κ3) is 2.98. The minimum absolute atomic E-state index is 0.143. The molecule has 3 rings (SSSR count). The largest absolute Gasteiger partial charge is 0.241 e. The number of benzene rings is 1. The van der Waals surface area contributed by atoms with E-state index in [1.54, 1.807) is 11.3 Å². The highest BCUT2D eigenvalue weighted by Crippen LogP contribution is 2.40. The van der Waals surface area contributed by atoms with Gasteiger partial charge in [0.1, 0.15) is 0 Å². The van der Waals surface area contributed by atoms with Crippen LogP contribution in [-0.4, -0.2) is 4.98 Å². The predicted octanol–water partition coefficient (Wildman–Crippen LogP) is 6.34. The number of nitrogens with zero attached hydrogens (tertiary/aromatic N) is 1. The summed E-state index contributed by atoms with van der Waals surface area (Å²) in [6, 6.07) is 10.1. The Balaban J connectivity index is 1.86. The van der Waals surface area contributed by atoms with Crippen LogP contribution >= 0.6 is 61.8 Å². The normalized spacial score (nSPS) is 13.0. The molecule has 2 heterocycles. The van der Waals surface area contributed by atoms with Gasteiger partial charge in [0.15, 0.2) is 0 Å². The molecule has 0 spiro atoms. The minimum Gasteiger partial charge on any atom is -0.241 e. The van der Waals surface area contributed by atoms with Gasteiger partial charge in [0.05, 0.1) is 23.9 Å². The molecule has 0 fully saturated rings. The first-order chi connectivity index (χ1) is 9.13. The van der Waals surface area contributed by atoms with E-state index in [4.69, 9.17) is 23.2 Å². The molecular weight excluding hydrogens is 385 g/mol. The molecule has 0 saturated carbocycles. The fourth-order valence-electron chi connectivity index (χ4n) is 1.84. The second kappa shape index (κ2) is 5.70. The van der Waals surface area contributed by atoms with Crippen LogP contribution in [0.5, 0.6) is 0 Å². The van der Waals surface area contributed by atoms with Crippen LogP contribution < -0.4 is 0 Å². The summed E-state index contributed by atoms with van der Waals surface area (Å²) in [4.78, 5) is 4.77. The number of hydrogen-bond donors (Lipinski definition) is 0. The van der Waals surface area contributed by atoms with Crippen molar-refractivity contribution in [2.45, 2.75) is 11.2 Å². The second-order valence-corrected chi connectivity index (χ2v) is 8.53. The molecule has 0 radical (unpaired) electrons. The molecule has 1 nitrogen and oxygen atoms in total. The Morgan fingerprint density at radius 2 is 2.00 bits per heavy atom. The molecule has 19 heavy (non-hydrogen) atoms. The highest BCUT2D eigenvalue weighted by molar-refractivity contribution is 9.09. The van der Waals surface area contributed by atoms with Crippen LogP contribution in [0.25, 0.3) is 10.2 Å². The van der Waals surface area contributed by atoms with Gasteiger partial charge >= 0.3 is 0 Å². The zero-order valence-corrected chi connectivity index (χ0v) is 14.3. The van der Waals surface area contributed by atoms with E-state index in [1.807, 2.05) is 24.3 Å². The Bertz CT molecular complexity index is 689. The summed E-state index contributed by atoms with van der Waals surface area (Å²) in [7, 11) is 0. The van der Waals surface area contributed by atoms with Crippen LogP contribution in [0.1, 0.15) is 15.4 Å². The number of halogens is 3. The fraction of sp³-hybridized carbons (Fsp3) is 0.154. The fourth-order valence-corrected chi connectivity index (χ4v) is 5.59. The number of fused-ring (bicyclic) bond motifs is 1. The topological polar surface area (TPSA) is 12.9 Å². The Hall–Kier alpha value is -0.130. The smallest absolute Gasteiger partial charge is 0.0987 e. The van der Waals surface area contributed by atoms with E-state index in [-0.39, 0.29) is 4.83 Å². The highest BCUT2D eigenvalue weighted by atomic mass is 79.9. The quantitative estimate of drug-likeness (QED) is 0.473. The summed E-state index contributed by atoms with van der Waals surface area (Å²) in [6.07, 6.45) is 0.812. The van der Waals surface area contributed by atoms with Crippen molar-refractivity contribution in [2.24, 2.45) is 0 Å². The predicted molar refractivity (Wildman–Crippen MR) is 89.3 cm³/mol. The average Bonchev–Trinajstić information content (AvgIpc) is 2.91. The number of aromatic nitrogens is 1. The van der Waals surface area contributed by atoms with Gasteiger partial charge in [-0.2, -0.15) is 0 Å². The zero-order valence-electron chi connectivity index (χ0n) is 9.57. The number of thiazole rings is 1. The summed E-state index contributed by atoms with van der Waals surface area (Å²) in [5.74, 6) is 0. The zero-order chi connectivity index (χ0) is 13.4. The highest BCUT2D eigenvalue weighted by Gasteiger charge is 2.17. The van der Waals surface area contributed by atoms with Gasteiger partial charge in [-0.05, 0) is 23.8 Å². The van der Waals surface area contributed by atoms with Crippen molar-refractivity contribution in [1.82, 2.24) is 4.98 Å². The van der Waals surface area contributed by atoms with Crippen LogP contribution in [0.4, 0.5) is 0 Å². The summed E-state index contributed by atoms with van der Waals surface area (Å²) in [6.45, 7) is 0. The lowest BCUT2D eigenvalue weighted by Gasteiger charge is -2.05. The molecular formula is C13H8BrCl2NS2. The van der Waals surface area contributed by atoms with E-state index in [0.29, 0.717) is 4.34 Å². The maximum atomic E-state index is 6.17. The standard InChI is InChI=1S/C13H8BrCl2NS2/c14-8(7-5-11(15)19-13(7)16)6-12-17-9-3-1-2-4-10(9)18-12/h1-5,8H,6H2. The van der Waals surface area contributed by atoms with Gasteiger partial charge in [-0.25, -0.2) is 4.98 Å². The Morgan fingerprint density at radius 1 is 1.21 bits per heavy atom. The van der Waals surface area contributed by atoms with Crippen molar-refractivity contribution in [3.05, 3.63) is 49.6 Å². The van der Waals surface area contributed by atoms with Crippen molar-refractivity contribution >= 4 is 72.0 Å². The average molecular weight is 393 g/mol. The van der Waals surface area contributed by atoms with Crippen LogP contribution in [0.3, 0.4) is 0 Å². The number of thiophene rings is 1. The molecule has 0 bridgehead atoms. The molecule has 0 aliphatic rings. The molecule has 1 unspecified atom stereocenters. The first-order valence-electron chi connectivity index (χ1n) is 5.57. The van der Waals surface area contributed by atoms with E-state index < -0.39 is 0 Å². The van der Waals surface area contributed by atoms with E-state index >= 15 is 0 Å². The third-order valence-electron chi connectivity index (χ3n) is 2.71. The van der Waals surface area contributed by atoms with Crippen molar-refractivity contribution in [3.8, 4) is 0 Å². The van der Waals surface area contributed by atoms with Gasteiger partial charge in [-0.15, -0.1) is 22.7 Å². The van der Waals surface area contributed by atoms with Crippen LogP contribution in [-0.2, 0) is 6.42 Å². The third-order valence-corrected chi connectivity index (χ3v) is 6.11. The van der Waals surface area contributed by atoms with Gasteiger partial charge in [0.2, 0.25) is 0 Å². The molecule has 3 aromatic rings. The monoisotopic (exact) mass is 391 g/mol. The van der Waals surface area contributed by atoms with Crippen LogP contribution in [0.15, 0.2) is 30.3 Å². The van der Waals surface area contributed by atoms with E-state index in [1.165, 1.54) is 16.0 Å². The van der Waals surface area contributed by atoms with Crippen molar-refractivity contribution in [1.29, 1.82) is 0 Å². The maximum absolute atomic E-state index is 6.17. The Labute approximate surface area is 137 Å². The molecule has 2 aromatic heterocycles. The van der Waals surface area contributed by atoms with Crippen molar-refractivity contribution in [2.75, 3.05) is 0 Å². The molecule has 1 aromatic carbocycles. The van der Waals surface area contributed by atoms with Crippen molar-refractivity contribution < 1.29 is 0 Å². The summed E-state index contributed by atoms with van der Waals surface area (Å²) < 4.78 is 2.67. The molecule has 0 N–H and O–H groups in total. The number of alkyl halides is 1. The SMILES string of the molecule is Clc1cc(C(Br)Cc2nc3ccccc3s2)c(Cl)s1. The number of hydrogen-bond acceptors (Lipinski definition) is 3. The van der Waals surface area contributed by atoms with Crippen LogP contribution in [0, 0.1) is 0 Å². The van der Waals surface area contributed by atoms with Gasteiger partial charge in [0.25, 0.3) is 0 Å².